The van der Waals surface area contributed by atoms with E-state index in [2.05, 4.69) is 6.58 Å². The molecule has 0 saturated heterocycles. The molecule has 0 saturated carbocycles. The second-order valence-corrected chi connectivity index (χ2v) is 4.37. The van der Waals surface area contributed by atoms with Gasteiger partial charge in [0.1, 0.15) is 29.8 Å². The van der Waals surface area contributed by atoms with Gasteiger partial charge in [0.05, 0.1) is 10.6 Å². The highest BCUT2D eigenvalue weighted by Crippen LogP contribution is 2.33. The highest BCUT2D eigenvalue weighted by atomic mass is 35.5. The summed E-state index contributed by atoms with van der Waals surface area (Å²) in [6.45, 7) is 3.55. The van der Waals surface area contributed by atoms with Crippen molar-refractivity contribution in [2.75, 3.05) is 6.61 Å². The molecule has 20 heavy (non-hydrogen) atoms. The maximum atomic E-state index is 14.0. The molecule has 0 aliphatic heterocycles. The predicted octanol–water partition coefficient (Wildman–Crippen LogP) is 4.99. The average Bonchev–Trinajstić information content (AvgIpc) is 2.40. The van der Waals surface area contributed by atoms with E-state index in [0.29, 0.717) is 0 Å². The van der Waals surface area contributed by atoms with Gasteiger partial charge < -0.3 is 4.74 Å². The van der Waals surface area contributed by atoms with E-state index < -0.39 is 23.0 Å². The highest BCUT2D eigenvalue weighted by molar-refractivity contribution is 6.31. The minimum atomic E-state index is -0.926. The van der Waals surface area contributed by atoms with Crippen LogP contribution in [0.3, 0.4) is 0 Å². The van der Waals surface area contributed by atoms with Crippen LogP contribution in [0.15, 0.2) is 43.0 Å². The summed E-state index contributed by atoms with van der Waals surface area (Å²) in [5, 5.41) is -0.201. The molecule has 2 aromatic rings. The molecule has 104 valence electrons. The molecule has 0 aliphatic rings. The summed E-state index contributed by atoms with van der Waals surface area (Å²) < 4.78 is 46.8. The fraction of sp³-hybridized carbons (Fsp3) is 0.0667. The number of hydrogen-bond donors (Lipinski definition) is 0. The Kier molecular flexibility index (Phi) is 4.35. The van der Waals surface area contributed by atoms with E-state index in [9.17, 15) is 13.2 Å². The van der Waals surface area contributed by atoms with Crippen LogP contribution >= 0.6 is 11.6 Å². The van der Waals surface area contributed by atoms with Crippen molar-refractivity contribution in [2.45, 2.75) is 0 Å². The Labute approximate surface area is 119 Å². The molecule has 1 nitrogen and oxygen atoms in total. The molecule has 0 aliphatic carbocycles. The van der Waals surface area contributed by atoms with Gasteiger partial charge in [-0.2, -0.15) is 0 Å². The van der Waals surface area contributed by atoms with Crippen LogP contribution in [0.25, 0.3) is 11.1 Å². The molecule has 0 amide bonds. The van der Waals surface area contributed by atoms with Gasteiger partial charge in [-0.3, -0.25) is 0 Å². The highest BCUT2D eigenvalue weighted by Gasteiger charge is 2.18. The lowest BCUT2D eigenvalue weighted by molar-refractivity contribution is 0.358. The quantitative estimate of drug-likeness (QED) is 0.723. The van der Waals surface area contributed by atoms with E-state index in [1.165, 1.54) is 24.3 Å². The van der Waals surface area contributed by atoms with Crippen LogP contribution in [0.4, 0.5) is 13.2 Å². The second-order valence-electron chi connectivity index (χ2n) is 3.96. The second kappa shape index (κ2) is 6.01. The zero-order valence-electron chi connectivity index (χ0n) is 10.3. The van der Waals surface area contributed by atoms with E-state index >= 15 is 0 Å². The van der Waals surface area contributed by atoms with E-state index in [-0.39, 0.29) is 22.9 Å². The van der Waals surface area contributed by atoms with Crippen molar-refractivity contribution in [1.82, 2.24) is 0 Å². The van der Waals surface area contributed by atoms with Crippen molar-refractivity contribution in [2.24, 2.45) is 0 Å². The van der Waals surface area contributed by atoms with Crippen LogP contribution in [-0.4, -0.2) is 6.61 Å². The molecule has 5 heteroatoms. The maximum absolute atomic E-state index is 14.0. The third-order valence-electron chi connectivity index (χ3n) is 2.60. The smallest absolute Gasteiger partial charge is 0.149 e. The normalized spacial score (nSPS) is 10.4. The third-order valence-corrected chi connectivity index (χ3v) is 2.90. The number of rotatable bonds is 4. The molecular formula is C15H10ClF3O. The summed E-state index contributed by atoms with van der Waals surface area (Å²) >= 11 is 5.61. The van der Waals surface area contributed by atoms with Gasteiger partial charge in [-0.15, -0.1) is 0 Å². The Balaban J connectivity index is 2.52. The van der Waals surface area contributed by atoms with Crippen LogP contribution in [-0.2, 0) is 0 Å². The Morgan fingerprint density at radius 3 is 2.40 bits per heavy atom. The van der Waals surface area contributed by atoms with Crippen molar-refractivity contribution in [3.05, 3.63) is 65.5 Å². The molecule has 0 heterocycles. The lowest BCUT2D eigenvalue weighted by Gasteiger charge is -2.10. The molecular weight excluding hydrogens is 289 g/mol. The fourth-order valence-corrected chi connectivity index (χ4v) is 1.92. The summed E-state index contributed by atoms with van der Waals surface area (Å²) in [4.78, 5) is 0. The summed E-state index contributed by atoms with van der Waals surface area (Å²) in [6, 6.07) is 5.96. The van der Waals surface area contributed by atoms with Crippen LogP contribution in [0.1, 0.15) is 0 Å². The average molecular weight is 299 g/mol. The monoisotopic (exact) mass is 298 g/mol. The summed E-state index contributed by atoms with van der Waals surface area (Å²) in [7, 11) is 0. The SMILES string of the molecule is C=CCOc1cc(F)c(-c2cccc(Cl)c2F)c(F)c1. The Morgan fingerprint density at radius 2 is 1.80 bits per heavy atom. The number of benzene rings is 2. The van der Waals surface area contributed by atoms with Crippen molar-refractivity contribution < 1.29 is 17.9 Å². The lowest BCUT2D eigenvalue weighted by Crippen LogP contribution is -1.98. The first kappa shape index (κ1) is 14.5. The van der Waals surface area contributed by atoms with Crippen LogP contribution < -0.4 is 4.74 Å². The summed E-state index contributed by atoms with van der Waals surface area (Å²) in [6.07, 6.45) is 1.44. The van der Waals surface area contributed by atoms with Gasteiger partial charge >= 0.3 is 0 Å². The van der Waals surface area contributed by atoms with Crippen molar-refractivity contribution in [3.63, 3.8) is 0 Å². The topological polar surface area (TPSA) is 9.23 Å². The molecule has 0 radical (unpaired) electrons. The van der Waals surface area contributed by atoms with E-state index in [1.54, 1.807) is 0 Å². The molecule has 2 rings (SSSR count). The molecule has 2 aromatic carbocycles. The Bertz CT molecular complexity index is 633. The van der Waals surface area contributed by atoms with Crippen molar-refractivity contribution in [3.8, 4) is 16.9 Å². The summed E-state index contributed by atoms with van der Waals surface area (Å²) in [5.41, 5.74) is -0.710. The van der Waals surface area contributed by atoms with Gasteiger partial charge in [-0.05, 0) is 6.07 Å². The molecule has 0 unspecified atom stereocenters. The standard InChI is InChI=1S/C15H10ClF3O/c1-2-6-20-9-7-12(17)14(13(18)8-9)10-4-3-5-11(16)15(10)19/h2-5,7-8H,1,6H2. The first-order valence-electron chi connectivity index (χ1n) is 5.71. The zero-order valence-corrected chi connectivity index (χ0v) is 11.1. The van der Waals surface area contributed by atoms with Gasteiger partial charge in [-0.25, -0.2) is 13.2 Å². The van der Waals surface area contributed by atoms with Gasteiger partial charge in [0, 0.05) is 17.7 Å². The van der Waals surface area contributed by atoms with Gasteiger partial charge in [-0.1, -0.05) is 36.4 Å². The predicted molar refractivity (Wildman–Crippen MR) is 72.5 cm³/mol. The Hall–Kier alpha value is -1.94. The van der Waals surface area contributed by atoms with E-state index in [1.807, 2.05) is 0 Å². The van der Waals surface area contributed by atoms with Crippen molar-refractivity contribution in [1.29, 1.82) is 0 Å². The Morgan fingerprint density at radius 1 is 1.15 bits per heavy atom. The number of ether oxygens (including phenoxy) is 1. The third kappa shape index (κ3) is 2.80. The minimum absolute atomic E-state index is 0.00564. The maximum Gasteiger partial charge on any atom is 0.149 e. The molecule has 0 atom stereocenters. The first-order chi connectivity index (χ1) is 9.54. The molecule has 0 bridgehead atoms. The lowest BCUT2D eigenvalue weighted by atomic mass is 10.0. The van der Waals surface area contributed by atoms with Gasteiger partial charge in [0.2, 0.25) is 0 Å². The molecule has 0 N–H and O–H groups in total. The largest absolute Gasteiger partial charge is 0.489 e. The summed E-state index contributed by atoms with van der Waals surface area (Å²) in [5.74, 6) is -2.71. The fourth-order valence-electron chi connectivity index (χ4n) is 1.74. The zero-order chi connectivity index (χ0) is 14.7. The molecule has 0 spiro atoms. The molecule has 0 aromatic heterocycles. The first-order valence-corrected chi connectivity index (χ1v) is 6.09. The van der Waals surface area contributed by atoms with Gasteiger partial charge in [0.25, 0.3) is 0 Å². The van der Waals surface area contributed by atoms with E-state index in [4.69, 9.17) is 16.3 Å². The number of halogens is 4. The minimum Gasteiger partial charge on any atom is -0.489 e. The van der Waals surface area contributed by atoms with Crippen molar-refractivity contribution >= 4 is 11.6 Å². The van der Waals surface area contributed by atoms with E-state index in [0.717, 1.165) is 12.1 Å². The van der Waals surface area contributed by atoms with Crippen LogP contribution in [0.5, 0.6) is 5.75 Å². The number of hydrogen-bond acceptors (Lipinski definition) is 1. The molecule has 0 fully saturated rings. The van der Waals surface area contributed by atoms with Crippen LogP contribution in [0, 0.1) is 17.5 Å². The van der Waals surface area contributed by atoms with Gasteiger partial charge in [0.15, 0.2) is 0 Å². The van der Waals surface area contributed by atoms with Crippen LogP contribution in [0.2, 0.25) is 5.02 Å².